The van der Waals surface area contributed by atoms with Crippen molar-refractivity contribution < 1.29 is 9.59 Å². The lowest BCUT2D eigenvalue weighted by atomic mass is 10.0. The predicted molar refractivity (Wildman–Crippen MR) is 85.5 cm³/mol. The van der Waals surface area contributed by atoms with Crippen LogP contribution in [0.5, 0.6) is 0 Å². The average Bonchev–Trinajstić information content (AvgIpc) is 2.72. The van der Waals surface area contributed by atoms with E-state index >= 15 is 0 Å². The van der Waals surface area contributed by atoms with Crippen LogP contribution in [-0.2, 0) is 9.59 Å². The summed E-state index contributed by atoms with van der Waals surface area (Å²) in [6, 6.07) is -0.00361. The van der Waals surface area contributed by atoms with Gasteiger partial charge < -0.3 is 15.1 Å². The van der Waals surface area contributed by atoms with E-state index < -0.39 is 0 Å². The fourth-order valence-electron chi connectivity index (χ4n) is 3.01. The Hall–Kier alpha value is -0.810. The molecule has 1 unspecified atom stereocenters. The summed E-state index contributed by atoms with van der Waals surface area (Å²) < 4.78 is 0. The number of amides is 2. The minimum absolute atomic E-state index is 0. The van der Waals surface area contributed by atoms with Crippen molar-refractivity contribution in [2.75, 3.05) is 32.7 Å². The third-order valence-electron chi connectivity index (χ3n) is 4.22. The SMILES string of the molecule is CC(C)C(=O)N1CCCN(C(=O)C2CCCCN2)CC1.Cl. The molecular weight excluding hydrogens is 290 g/mol. The molecular formula is C15H28ClN3O2. The van der Waals surface area contributed by atoms with Gasteiger partial charge in [0.1, 0.15) is 0 Å². The maximum atomic E-state index is 12.5. The normalized spacial score (nSPS) is 23.5. The molecule has 0 aromatic carbocycles. The summed E-state index contributed by atoms with van der Waals surface area (Å²) in [6.07, 6.45) is 4.14. The van der Waals surface area contributed by atoms with E-state index in [1.54, 1.807) is 0 Å². The van der Waals surface area contributed by atoms with Gasteiger partial charge in [0, 0.05) is 32.1 Å². The van der Waals surface area contributed by atoms with E-state index in [9.17, 15) is 9.59 Å². The third kappa shape index (κ3) is 4.85. The number of halogens is 1. The topological polar surface area (TPSA) is 52.7 Å². The van der Waals surface area contributed by atoms with Gasteiger partial charge in [-0.15, -0.1) is 12.4 Å². The zero-order valence-corrected chi connectivity index (χ0v) is 14.0. The second-order valence-electron chi connectivity index (χ2n) is 6.16. The summed E-state index contributed by atoms with van der Waals surface area (Å²) >= 11 is 0. The van der Waals surface area contributed by atoms with Crippen molar-refractivity contribution in [3.05, 3.63) is 0 Å². The molecule has 1 N–H and O–H groups in total. The quantitative estimate of drug-likeness (QED) is 0.834. The molecule has 6 heteroatoms. The van der Waals surface area contributed by atoms with E-state index in [1.807, 2.05) is 23.6 Å². The van der Waals surface area contributed by atoms with E-state index in [0.29, 0.717) is 13.1 Å². The fraction of sp³-hybridized carbons (Fsp3) is 0.867. The molecule has 0 aromatic heterocycles. The van der Waals surface area contributed by atoms with Gasteiger partial charge in [0.05, 0.1) is 6.04 Å². The van der Waals surface area contributed by atoms with Gasteiger partial charge in [0.15, 0.2) is 0 Å². The van der Waals surface area contributed by atoms with E-state index in [4.69, 9.17) is 0 Å². The number of piperidine rings is 1. The Morgan fingerprint density at radius 3 is 2.29 bits per heavy atom. The lowest BCUT2D eigenvalue weighted by molar-refractivity contribution is -0.136. The highest BCUT2D eigenvalue weighted by Gasteiger charge is 2.28. The molecule has 2 aliphatic rings. The standard InChI is InChI=1S/C15H27N3O2.ClH/c1-12(2)14(19)17-8-5-9-18(11-10-17)15(20)13-6-3-4-7-16-13;/h12-13,16H,3-11H2,1-2H3;1H. The monoisotopic (exact) mass is 317 g/mol. The van der Waals surface area contributed by atoms with Crippen LogP contribution in [0.2, 0.25) is 0 Å². The van der Waals surface area contributed by atoms with Gasteiger partial charge in [0.25, 0.3) is 0 Å². The lowest BCUT2D eigenvalue weighted by Crippen LogP contribution is -2.49. The summed E-state index contributed by atoms with van der Waals surface area (Å²) in [5.41, 5.74) is 0. The number of nitrogens with zero attached hydrogens (tertiary/aromatic N) is 2. The van der Waals surface area contributed by atoms with Gasteiger partial charge in [0.2, 0.25) is 11.8 Å². The summed E-state index contributed by atoms with van der Waals surface area (Å²) in [5.74, 6) is 0.468. The highest BCUT2D eigenvalue weighted by atomic mass is 35.5. The molecule has 2 saturated heterocycles. The van der Waals surface area contributed by atoms with E-state index in [2.05, 4.69) is 5.32 Å². The Bertz CT molecular complexity index is 357. The van der Waals surface area contributed by atoms with Gasteiger partial charge >= 0.3 is 0 Å². The average molecular weight is 318 g/mol. The molecule has 21 heavy (non-hydrogen) atoms. The summed E-state index contributed by atoms with van der Waals surface area (Å²) in [5, 5.41) is 3.32. The van der Waals surface area contributed by atoms with Crippen LogP contribution in [-0.4, -0.2) is 60.4 Å². The maximum absolute atomic E-state index is 12.5. The van der Waals surface area contributed by atoms with Crippen LogP contribution >= 0.6 is 12.4 Å². The molecule has 0 bridgehead atoms. The fourth-order valence-corrected chi connectivity index (χ4v) is 3.01. The first-order valence-corrected chi connectivity index (χ1v) is 7.90. The van der Waals surface area contributed by atoms with Crippen molar-refractivity contribution in [2.45, 2.75) is 45.6 Å². The van der Waals surface area contributed by atoms with Crippen LogP contribution in [0.3, 0.4) is 0 Å². The number of nitrogens with one attached hydrogen (secondary N) is 1. The second-order valence-corrected chi connectivity index (χ2v) is 6.16. The van der Waals surface area contributed by atoms with E-state index in [0.717, 1.165) is 38.9 Å². The van der Waals surface area contributed by atoms with Crippen LogP contribution in [0.4, 0.5) is 0 Å². The van der Waals surface area contributed by atoms with Crippen molar-refractivity contribution in [1.82, 2.24) is 15.1 Å². The van der Waals surface area contributed by atoms with Crippen LogP contribution in [0, 0.1) is 5.92 Å². The van der Waals surface area contributed by atoms with Gasteiger partial charge in [-0.2, -0.15) is 0 Å². The van der Waals surface area contributed by atoms with Gasteiger partial charge in [-0.05, 0) is 25.8 Å². The van der Waals surface area contributed by atoms with Crippen molar-refractivity contribution in [3.63, 3.8) is 0 Å². The Morgan fingerprint density at radius 2 is 1.67 bits per heavy atom. The molecule has 2 rings (SSSR count). The van der Waals surface area contributed by atoms with E-state index in [1.165, 1.54) is 6.42 Å². The van der Waals surface area contributed by atoms with Crippen LogP contribution in [0.1, 0.15) is 39.5 Å². The molecule has 2 fully saturated rings. The second kappa shape index (κ2) is 8.59. The molecule has 2 aliphatic heterocycles. The Kier molecular flexibility index (Phi) is 7.46. The Balaban J connectivity index is 0.00000220. The molecule has 5 nitrogen and oxygen atoms in total. The third-order valence-corrected chi connectivity index (χ3v) is 4.22. The molecule has 0 aromatic rings. The maximum Gasteiger partial charge on any atom is 0.239 e. The summed E-state index contributed by atoms with van der Waals surface area (Å²) in [7, 11) is 0. The van der Waals surface area contributed by atoms with Crippen molar-refractivity contribution >= 4 is 24.2 Å². The number of carbonyl (C=O) groups is 2. The molecule has 0 radical (unpaired) electrons. The number of rotatable bonds is 2. The highest BCUT2D eigenvalue weighted by Crippen LogP contribution is 2.13. The van der Waals surface area contributed by atoms with Crippen LogP contribution in [0.15, 0.2) is 0 Å². The zero-order valence-electron chi connectivity index (χ0n) is 13.1. The molecule has 0 aliphatic carbocycles. The first kappa shape index (κ1) is 18.2. The minimum Gasteiger partial charge on any atom is -0.341 e. The molecule has 0 saturated carbocycles. The van der Waals surface area contributed by atoms with Gasteiger partial charge in [-0.3, -0.25) is 9.59 Å². The molecule has 2 heterocycles. The number of carbonyl (C=O) groups excluding carboxylic acids is 2. The Labute approximate surface area is 133 Å². The first-order chi connectivity index (χ1) is 9.59. The molecule has 2 amide bonds. The van der Waals surface area contributed by atoms with Gasteiger partial charge in [-0.25, -0.2) is 0 Å². The van der Waals surface area contributed by atoms with Crippen molar-refractivity contribution in [3.8, 4) is 0 Å². The highest BCUT2D eigenvalue weighted by molar-refractivity contribution is 5.85. The molecule has 122 valence electrons. The predicted octanol–water partition coefficient (Wildman–Crippen LogP) is 1.27. The smallest absolute Gasteiger partial charge is 0.239 e. The lowest BCUT2D eigenvalue weighted by Gasteiger charge is -2.29. The Morgan fingerprint density at radius 1 is 1.00 bits per heavy atom. The van der Waals surface area contributed by atoms with Gasteiger partial charge in [-0.1, -0.05) is 20.3 Å². The molecule has 1 atom stereocenters. The molecule has 0 spiro atoms. The number of hydrogen-bond donors (Lipinski definition) is 1. The summed E-state index contributed by atoms with van der Waals surface area (Å²) in [4.78, 5) is 28.4. The van der Waals surface area contributed by atoms with Crippen molar-refractivity contribution in [1.29, 1.82) is 0 Å². The zero-order chi connectivity index (χ0) is 14.5. The summed E-state index contributed by atoms with van der Waals surface area (Å²) in [6.45, 7) is 7.72. The van der Waals surface area contributed by atoms with Crippen LogP contribution in [0.25, 0.3) is 0 Å². The van der Waals surface area contributed by atoms with E-state index in [-0.39, 0.29) is 36.2 Å². The minimum atomic E-state index is -0.00361. The largest absolute Gasteiger partial charge is 0.341 e. The number of hydrogen-bond acceptors (Lipinski definition) is 3. The van der Waals surface area contributed by atoms with Crippen molar-refractivity contribution in [2.24, 2.45) is 5.92 Å². The van der Waals surface area contributed by atoms with Crippen LogP contribution < -0.4 is 5.32 Å². The first-order valence-electron chi connectivity index (χ1n) is 7.90.